The first-order valence-electron chi connectivity index (χ1n) is 11.1. The molecule has 4 heterocycles. The Morgan fingerprint density at radius 2 is 1.61 bits per heavy atom. The first kappa shape index (κ1) is 25.1. The van der Waals surface area contributed by atoms with Gasteiger partial charge in [0.05, 0.1) is 27.3 Å². The fourth-order valence-electron chi connectivity index (χ4n) is 4.98. The highest BCUT2D eigenvalue weighted by Gasteiger charge is 2.58. The van der Waals surface area contributed by atoms with Crippen LogP contribution in [-0.4, -0.2) is 30.2 Å². The quantitative estimate of drug-likeness (QED) is 0.256. The van der Waals surface area contributed by atoms with Gasteiger partial charge in [0.1, 0.15) is 5.75 Å². The zero-order chi connectivity index (χ0) is 25.4. The predicted octanol–water partition coefficient (Wildman–Crippen LogP) is 8.78. The van der Waals surface area contributed by atoms with Crippen LogP contribution in [0.2, 0.25) is 0 Å². The summed E-state index contributed by atoms with van der Waals surface area (Å²) in [5, 5.41) is 11.2. The van der Waals surface area contributed by atoms with Crippen molar-refractivity contribution in [2.45, 2.75) is 34.8 Å². The summed E-state index contributed by atoms with van der Waals surface area (Å²) in [5.74, 6) is 0.663. The number of benzene rings is 2. The maximum Gasteiger partial charge on any atom is 0.270 e. The Bertz CT molecular complexity index is 1420. The lowest BCUT2D eigenvalue weighted by Gasteiger charge is -2.45. The molecule has 0 bridgehead atoms. The molecule has 1 atom stereocenters. The molecular formula is C25H22N2O3S6. The third-order valence-electron chi connectivity index (χ3n) is 6.93. The average Bonchev–Trinajstić information content (AvgIpc) is 3.52. The molecule has 6 rings (SSSR count). The van der Waals surface area contributed by atoms with Crippen LogP contribution in [0.3, 0.4) is 0 Å². The van der Waals surface area contributed by atoms with Crippen LogP contribution in [0.25, 0.3) is 6.08 Å². The lowest BCUT2D eigenvalue weighted by Crippen LogP contribution is -2.58. The molecule has 5 nitrogen and oxygen atoms in total. The van der Waals surface area contributed by atoms with Crippen LogP contribution in [0.5, 0.6) is 5.75 Å². The number of nitro groups is 1. The van der Waals surface area contributed by atoms with Gasteiger partial charge in [-0.1, -0.05) is 47.0 Å². The van der Waals surface area contributed by atoms with Gasteiger partial charge in [-0.3, -0.25) is 10.1 Å². The molecule has 0 fully saturated rings. The zero-order valence-electron chi connectivity index (χ0n) is 20.1. The molecule has 0 saturated carbocycles. The Kier molecular flexibility index (Phi) is 6.20. The molecule has 2 aromatic carbocycles. The molecule has 0 saturated heterocycles. The number of nitrogens with zero attached hydrogens (tertiary/aromatic N) is 2. The van der Waals surface area contributed by atoms with Gasteiger partial charge in [0, 0.05) is 40.2 Å². The molecule has 0 aliphatic carbocycles. The molecule has 4 aliphatic rings. The minimum atomic E-state index is -0.717. The van der Waals surface area contributed by atoms with E-state index in [0.29, 0.717) is 5.75 Å². The van der Waals surface area contributed by atoms with Crippen LogP contribution in [0.1, 0.15) is 25.0 Å². The minimum absolute atomic E-state index is 0.0683. The van der Waals surface area contributed by atoms with E-state index in [4.69, 9.17) is 4.74 Å². The van der Waals surface area contributed by atoms with Gasteiger partial charge in [-0.2, -0.15) is 0 Å². The van der Waals surface area contributed by atoms with Crippen molar-refractivity contribution in [3.05, 3.63) is 74.6 Å². The van der Waals surface area contributed by atoms with E-state index in [0.717, 1.165) is 11.3 Å². The van der Waals surface area contributed by atoms with Crippen molar-refractivity contribution in [2.24, 2.45) is 0 Å². The smallest absolute Gasteiger partial charge is 0.270 e. The summed E-state index contributed by atoms with van der Waals surface area (Å²) in [6, 6.07) is 9.44. The molecule has 36 heavy (non-hydrogen) atoms. The second-order valence-electron chi connectivity index (χ2n) is 9.08. The summed E-state index contributed by atoms with van der Waals surface area (Å²) >= 11 is 11.2. The Morgan fingerprint density at radius 3 is 2.25 bits per heavy atom. The Morgan fingerprint density at radius 1 is 0.972 bits per heavy atom. The normalized spacial score (nSPS) is 23.3. The van der Waals surface area contributed by atoms with Crippen molar-refractivity contribution >= 4 is 88.0 Å². The second-order valence-corrected chi connectivity index (χ2v) is 15.9. The number of likely N-dealkylation sites (N-methyl/N-ethyl adjacent to an activating group) is 1. The number of fused-ring (bicyclic) bond motifs is 3. The molecule has 0 aromatic heterocycles. The van der Waals surface area contributed by atoms with Crippen LogP contribution in [0, 0.1) is 10.1 Å². The van der Waals surface area contributed by atoms with Gasteiger partial charge in [-0.05, 0) is 62.3 Å². The van der Waals surface area contributed by atoms with Crippen LogP contribution in [-0.2, 0) is 5.41 Å². The van der Waals surface area contributed by atoms with Gasteiger partial charge in [-0.25, -0.2) is 0 Å². The largest absolute Gasteiger partial charge is 0.463 e. The maximum absolute atomic E-state index is 11.2. The van der Waals surface area contributed by atoms with Crippen LogP contribution >= 0.6 is 70.6 Å². The third kappa shape index (κ3) is 3.60. The fourth-order valence-corrected chi connectivity index (χ4v) is 12.8. The van der Waals surface area contributed by atoms with Crippen molar-refractivity contribution in [1.82, 2.24) is 0 Å². The molecule has 4 aliphatic heterocycles. The third-order valence-corrected chi connectivity index (χ3v) is 15.2. The summed E-state index contributed by atoms with van der Waals surface area (Å²) in [7, 11) is 2.08. The van der Waals surface area contributed by atoms with Gasteiger partial charge < -0.3 is 9.64 Å². The molecule has 0 N–H and O–H groups in total. The van der Waals surface area contributed by atoms with E-state index < -0.39 is 5.72 Å². The monoisotopic (exact) mass is 590 g/mol. The predicted molar refractivity (Wildman–Crippen MR) is 161 cm³/mol. The van der Waals surface area contributed by atoms with E-state index >= 15 is 0 Å². The molecule has 0 amide bonds. The average molecular weight is 591 g/mol. The van der Waals surface area contributed by atoms with E-state index in [1.807, 2.05) is 76.6 Å². The highest BCUT2D eigenvalue weighted by atomic mass is 32.3. The standard InChI is InChI=1S/C25H22N2O3S6/c1-24(2)15-11-18-19(34-22(33-18)23-35-20(31-4)21(32-5)36-23)12-16(15)26(3)25(24)9-8-13-10-14(27(28)29)6-7-17(13)30-25/h6-12H,1-5H3. The Balaban J connectivity index is 1.34. The lowest BCUT2D eigenvalue weighted by molar-refractivity contribution is -0.384. The van der Waals surface area contributed by atoms with E-state index in [2.05, 4.69) is 56.5 Å². The van der Waals surface area contributed by atoms with Gasteiger partial charge in [0.15, 0.2) is 0 Å². The fraction of sp³-hybridized carbons (Fsp3) is 0.280. The Hall–Kier alpha value is -1.24. The van der Waals surface area contributed by atoms with E-state index in [9.17, 15) is 10.1 Å². The Labute approximate surface area is 235 Å². The van der Waals surface area contributed by atoms with Crippen molar-refractivity contribution in [1.29, 1.82) is 0 Å². The van der Waals surface area contributed by atoms with E-state index in [1.54, 1.807) is 12.1 Å². The molecule has 11 heteroatoms. The van der Waals surface area contributed by atoms with Crippen LogP contribution < -0.4 is 9.64 Å². The number of thioether (sulfide) groups is 6. The van der Waals surface area contributed by atoms with E-state index in [1.165, 1.54) is 38.4 Å². The topological polar surface area (TPSA) is 55.6 Å². The highest BCUT2D eigenvalue weighted by Crippen LogP contribution is 2.65. The number of non-ortho nitro benzene ring substituents is 1. The van der Waals surface area contributed by atoms with Crippen LogP contribution in [0.4, 0.5) is 11.4 Å². The number of nitro benzene ring substituents is 1. The van der Waals surface area contributed by atoms with Gasteiger partial charge in [-0.15, -0.1) is 23.5 Å². The summed E-state index contributed by atoms with van der Waals surface area (Å²) in [6.07, 6.45) is 8.32. The number of hydrogen-bond acceptors (Lipinski definition) is 10. The van der Waals surface area contributed by atoms with E-state index in [-0.39, 0.29) is 16.0 Å². The van der Waals surface area contributed by atoms with Crippen molar-refractivity contribution in [3.8, 4) is 5.75 Å². The summed E-state index contributed by atoms with van der Waals surface area (Å²) < 4.78 is 12.2. The summed E-state index contributed by atoms with van der Waals surface area (Å²) in [6.45, 7) is 4.44. The number of hydrogen-bond donors (Lipinski definition) is 0. The van der Waals surface area contributed by atoms with Crippen molar-refractivity contribution < 1.29 is 9.66 Å². The molecule has 1 unspecified atom stereocenters. The second kappa shape index (κ2) is 8.91. The van der Waals surface area contributed by atoms with Crippen LogP contribution in [0.15, 0.2) is 63.1 Å². The van der Waals surface area contributed by atoms with Gasteiger partial charge in [0.25, 0.3) is 5.69 Å². The molecular weight excluding hydrogens is 569 g/mol. The maximum atomic E-state index is 11.2. The van der Waals surface area contributed by atoms with Crippen molar-refractivity contribution in [2.75, 3.05) is 24.5 Å². The number of ether oxygens (including phenoxy) is 1. The molecule has 1 spiro atoms. The molecule has 186 valence electrons. The zero-order valence-corrected chi connectivity index (χ0v) is 25.0. The van der Waals surface area contributed by atoms with Gasteiger partial charge >= 0.3 is 0 Å². The number of rotatable bonds is 3. The SMILES string of the molecule is CSC1=C(SC)SC(=C2Sc3cc4c(cc3S2)C(C)(C)C2(C=Cc3cc([N+](=O)[O-])ccc3O2)N4C)S1. The first-order valence-corrected chi connectivity index (χ1v) is 16.8. The summed E-state index contributed by atoms with van der Waals surface area (Å²) in [5.41, 5.74) is 2.14. The van der Waals surface area contributed by atoms with Gasteiger partial charge in [0.2, 0.25) is 5.72 Å². The molecule has 2 aromatic rings. The molecule has 0 radical (unpaired) electrons. The first-order chi connectivity index (χ1) is 17.2. The minimum Gasteiger partial charge on any atom is -0.463 e. The summed E-state index contributed by atoms with van der Waals surface area (Å²) in [4.78, 5) is 15.6. The number of anilines is 1. The lowest BCUT2D eigenvalue weighted by atomic mass is 9.76. The van der Waals surface area contributed by atoms with Crippen molar-refractivity contribution in [3.63, 3.8) is 0 Å². The highest BCUT2D eigenvalue weighted by molar-refractivity contribution is 8.41.